The van der Waals surface area contributed by atoms with Crippen LogP contribution in [0.15, 0.2) is 23.3 Å². The number of amides is 1. The summed E-state index contributed by atoms with van der Waals surface area (Å²) in [6.07, 6.45) is 0. The Bertz CT molecular complexity index is 577. The summed E-state index contributed by atoms with van der Waals surface area (Å²) in [6, 6.07) is 3.85. The lowest BCUT2D eigenvalue weighted by molar-refractivity contribution is -0.384. The fraction of sp³-hybridized carbons (Fsp3) is 0.385. The molecule has 0 heterocycles. The van der Waals surface area contributed by atoms with E-state index in [1.807, 2.05) is 20.8 Å². The van der Waals surface area contributed by atoms with Gasteiger partial charge in [0, 0.05) is 22.8 Å². The van der Waals surface area contributed by atoms with Gasteiger partial charge in [0.25, 0.3) is 11.6 Å². The van der Waals surface area contributed by atoms with Gasteiger partial charge in [-0.2, -0.15) is 5.10 Å². The third kappa shape index (κ3) is 4.03. The summed E-state index contributed by atoms with van der Waals surface area (Å²) >= 11 is 5.68. The number of hydrogen-bond acceptors (Lipinski definition) is 4. The van der Waals surface area contributed by atoms with E-state index in [-0.39, 0.29) is 21.7 Å². The zero-order chi connectivity index (χ0) is 15.5. The van der Waals surface area contributed by atoms with Gasteiger partial charge >= 0.3 is 0 Å². The first-order valence-corrected chi connectivity index (χ1v) is 6.30. The molecule has 1 aromatic carbocycles. The van der Waals surface area contributed by atoms with Gasteiger partial charge in [0.1, 0.15) is 5.02 Å². The number of hydrogen-bond donors (Lipinski definition) is 1. The van der Waals surface area contributed by atoms with E-state index >= 15 is 0 Å². The predicted octanol–water partition coefficient (Wildman–Crippen LogP) is 3.40. The Hall–Kier alpha value is -1.95. The van der Waals surface area contributed by atoms with Crippen molar-refractivity contribution in [3.63, 3.8) is 0 Å². The van der Waals surface area contributed by atoms with Gasteiger partial charge in [-0.05, 0) is 19.1 Å². The number of benzene rings is 1. The van der Waals surface area contributed by atoms with Crippen molar-refractivity contribution in [1.82, 2.24) is 5.43 Å². The van der Waals surface area contributed by atoms with Crippen molar-refractivity contribution in [2.45, 2.75) is 27.7 Å². The van der Waals surface area contributed by atoms with Crippen LogP contribution in [0.5, 0.6) is 0 Å². The van der Waals surface area contributed by atoms with Crippen LogP contribution in [0.3, 0.4) is 0 Å². The second-order valence-corrected chi connectivity index (χ2v) is 5.72. The van der Waals surface area contributed by atoms with Crippen LogP contribution < -0.4 is 5.43 Å². The summed E-state index contributed by atoms with van der Waals surface area (Å²) in [5.74, 6) is -0.520. The number of nitro groups is 1. The van der Waals surface area contributed by atoms with Crippen LogP contribution >= 0.6 is 11.6 Å². The van der Waals surface area contributed by atoms with Crippen LogP contribution in [-0.4, -0.2) is 16.5 Å². The summed E-state index contributed by atoms with van der Waals surface area (Å²) in [5, 5.41) is 14.7. The quantitative estimate of drug-likeness (QED) is 0.527. The molecule has 0 bridgehead atoms. The Balaban J connectivity index is 2.95. The van der Waals surface area contributed by atoms with E-state index in [1.165, 1.54) is 12.1 Å². The zero-order valence-corrected chi connectivity index (χ0v) is 12.5. The summed E-state index contributed by atoms with van der Waals surface area (Å²) in [6.45, 7) is 7.69. The first-order valence-electron chi connectivity index (χ1n) is 5.92. The molecular formula is C13H16ClN3O3. The number of carbonyl (C=O) groups is 1. The van der Waals surface area contributed by atoms with Gasteiger partial charge in [-0.25, -0.2) is 5.43 Å². The van der Waals surface area contributed by atoms with Crippen molar-refractivity contribution >= 4 is 28.9 Å². The molecule has 1 amide bonds. The van der Waals surface area contributed by atoms with Crippen molar-refractivity contribution in [2.24, 2.45) is 10.5 Å². The Kier molecular flexibility index (Phi) is 4.83. The molecule has 20 heavy (non-hydrogen) atoms. The Labute approximate surface area is 122 Å². The summed E-state index contributed by atoms with van der Waals surface area (Å²) in [7, 11) is 0. The molecule has 7 heteroatoms. The van der Waals surface area contributed by atoms with E-state index in [0.29, 0.717) is 0 Å². The number of nitro benzene ring substituents is 1. The molecule has 0 aromatic heterocycles. The van der Waals surface area contributed by atoms with E-state index in [4.69, 9.17) is 11.6 Å². The van der Waals surface area contributed by atoms with Crippen molar-refractivity contribution in [2.75, 3.05) is 0 Å². The highest BCUT2D eigenvalue weighted by Crippen LogP contribution is 2.25. The number of rotatable bonds is 3. The molecule has 1 aromatic rings. The molecule has 0 unspecified atom stereocenters. The molecule has 6 nitrogen and oxygen atoms in total. The van der Waals surface area contributed by atoms with Gasteiger partial charge in [-0.3, -0.25) is 14.9 Å². The van der Waals surface area contributed by atoms with E-state index in [9.17, 15) is 14.9 Å². The lowest BCUT2D eigenvalue weighted by Gasteiger charge is -2.17. The Morgan fingerprint density at radius 2 is 2.00 bits per heavy atom. The maximum atomic E-state index is 11.9. The van der Waals surface area contributed by atoms with Crippen LogP contribution in [0.4, 0.5) is 5.69 Å². The third-order valence-electron chi connectivity index (χ3n) is 2.82. The number of nitrogens with zero attached hydrogens (tertiary/aromatic N) is 2. The monoisotopic (exact) mass is 297 g/mol. The molecule has 0 radical (unpaired) electrons. The van der Waals surface area contributed by atoms with Gasteiger partial charge in [0.2, 0.25) is 0 Å². The fourth-order valence-electron chi connectivity index (χ4n) is 1.16. The minimum Gasteiger partial charge on any atom is -0.267 e. The van der Waals surface area contributed by atoms with Crippen LogP contribution in [0.2, 0.25) is 5.02 Å². The molecule has 0 fully saturated rings. The average molecular weight is 298 g/mol. The largest absolute Gasteiger partial charge is 0.288 e. The lowest BCUT2D eigenvalue weighted by Crippen LogP contribution is -2.24. The first kappa shape index (κ1) is 16.1. The third-order valence-corrected chi connectivity index (χ3v) is 3.14. The van der Waals surface area contributed by atoms with E-state index in [0.717, 1.165) is 11.8 Å². The highest BCUT2D eigenvalue weighted by Gasteiger charge is 2.17. The predicted molar refractivity (Wildman–Crippen MR) is 78.1 cm³/mol. The lowest BCUT2D eigenvalue weighted by atomic mass is 9.91. The van der Waals surface area contributed by atoms with Crippen molar-refractivity contribution in [1.29, 1.82) is 0 Å². The van der Waals surface area contributed by atoms with Gasteiger partial charge < -0.3 is 0 Å². The summed E-state index contributed by atoms with van der Waals surface area (Å²) in [4.78, 5) is 22.0. The summed E-state index contributed by atoms with van der Waals surface area (Å²) in [5.41, 5.74) is 2.77. The minimum absolute atomic E-state index is 0.0130. The standard InChI is InChI=1S/C13H16ClN3O3/c1-8(13(2,3)4)15-16-12(18)9-5-6-10(14)11(7-9)17(19)20/h5-7H,1-4H3,(H,16,18)/b15-8-. The number of hydrazone groups is 1. The van der Waals surface area contributed by atoms with Gasteiger partial charge in [-0.15, -0.1) is 0 Å². The molecule has 1 N–H and O–H groups in total. The van der Waals surface area contributed by atoms with Crippen LogP contribution in [-0.2, 0) is 0 Å². The topological polar surface area (TPSA) is 84.6 Å². The number of nitrogens with one attached hydrogen (secondary N) is 1. The van der Waals surface area contributed by atoms with Crippen LogP contribution in [0, 0.1) is 15.5 Å². The molecule has 0 saturated heterocycles. The maximum Gasteiger partial charge on any atom is 0.288 e. The fourth-order valence-corrected chi connectivity index (χ4v) is 1.35. The molecule has 1 rings (SSSR count). The normalized spacial score (nSPS) is 12.2. The average Bonchev–Trinajstić information content (AvgIpc) is 2.34. The molecular weight excluding hydrogens is 282 g/mol. The summed E-state index contributed by atoms with van der Waals surface area (Å²) < 4.78 is 0. The highest BCUT2D eigenvalue weighted by atomic mass is 35.5. The molecule has 0 aliphatic heterocycles. The molecule has 0 saturated carbocycles. The smallest absolute Gasteiger partial charge is 0.267 e. The van der Waals surface area contributed by atoms with Crippen molar-refractivity contribution in [3.05, 3.63) is 38.9 Å². The number of halogens is 1. The van der Waals surface area contributed by atoms with Crippen LogP contribution in [0.1, 0.15) is 38.1 Å². The van der Waals surface area contributed by atoms with Gasteiger partial charge in [0.15, 0.2) is 0 Å². The van der Waals surface area contributed by atoms with Crippen LogP contribution in [0.25, 0.3) is 0 Å². The Morgan fingerprint density at radius 3 is 2.50 bits per heavy atom. The SMILES string of the molecule is C/C(=N/NC(=O)c1ccc(Cl)c([N+](=O)[O-])c1)C(C)(C)C. The van der Waals surface area contributed by atoms with Crippen molar-refractivity contribution in [3.8, 4) is 0 Å². The van der Waals surface area contributed by atoms with Gasteiger partial charge in [0.05, 0.1) is 4.92 Å². The Morgan fingerprint density at radius 1 is 1.40 bits per heavy atom. The first-order chi connectivity index (χ1) is 9.12. The molecule has 108 valence electrons. The second-order valence-electron chi connectivity index (χ2n) is 5.31. The molecule has 0 atom stereocenters. The van der Waals surface area contributed by atoms with E-state index in [2.05, 4.69) is 10.5 Å². The zero-order valence-electron chi connectivity index (χ0n) is 11.7. The maximum absolute atomic E-state index is 11.9. The highest BCUT2D eigenvalue weighted by molar-refractivity contribution is 6.32. The van der Waals surface area contributed by atoms with E-state index < -0.39 is 10.8 Å². The number of carbonyl (C=O) groups excluding carboxylic acids is 1. The van der Waals surface area contributed by atoms with Gasteiger partial charge in [-0.1, -0.05) is 32.4 Å². The molecule has 0 aliphatic rings. The molecule has 0 spiro atoms. The minimum atomic E-state index is -0.636. The van der Waals surface area contributed by atoms with Crippen molar-refractivity contribution < 1.29 is 9.72 Å². The second kappa shape index (κ2) is 6.00. The molecule has 0 aliphatic carbocycles. The van der Waals surface area contributed by atoms with E-state index in [1.54, 1.807) is 6.92 Å².